The number of carbonyl (C=O) groups excluding carboxylic acids is 1. The number of hydrogen-bond donors (Lipinski definition) is 2. The Bertz CT molecular complexity index is 769. The van der Waals surface area contributed by atoms with Crippen molar-refractivity contribution in [1.82, 2.24) is 25.4 Å². The number of nitrogens with one attached hydrogen (secondary N) is 2. The molecule has 6 heteroatoms. The van der Waals surface area contributed by atoms with Crippen LogP contribution in [0.5, 0.6) is 0 Å². The van der Waals surface area contributed by atoms with Crippen molar-refractivity contribution in [2.45, 2.75) is 19.5 Å². The van der Waals surface area contributed by atoms with Gasteiger partial charge in [0, 0.05) is 37.9 Å². The van der Waals surface area contributed by atoms with Gasteiger partial charge in [-0.15, -0.1) is 0 Å². The predicted octanol–water partition coefficient (Wildman–Crippen LogP) is 2.37. The van der Waals surface area contributed by atoms with Gasteiger partial charge in [-0.05, 0) is 35.2 Å². The number of nitrogens with zero attached hydrogens (tertiary/aromatic N) is 3. The summed E-state index contributed by atoms with van der Waals surface area (Å²) < 4.78 is 1.88. The van der Waals surface area contributed by atoms with Crippen LogP contribution in [0.2, 0.25) is 0 Å². The lowest BCUT2D eigenvalue weighted by molar-refractivity contribution is 0.240. The zero-order valence-corrected chi connectivity index (χ0v) is 13.9. The molecule has 2 aromatic heterocycles. The molecule has 0 saturated heterocycles. The van der Waals surface area contributed by atoms with Crippen LogP contribution >= 0.6 is 0 Å². The molecule has 2 N–H and O–H groups in total. The largest absolute Gasteiger partial charge is 0.338 e. The Hall–Kier alpha value is -3.15. The quantitative estimate of drug-likeness (QED) is 0.696. The normalized spacial score (nSPS) is 10.4. The Morgan fingerprint density at radius 2 is 1.80 bits per heavy atom. The molecular formula is C19H21N5O. The zero-order valence-electron chi connectivity index (χ0n) is 13.9. The Labute approximate surface area is 146 Å². The minimum atomic E-state index is -0.162. The molecule has 0 spiro atoms. The molecule has 0 bridgehead atoms. The van der Waals surface area contributed by atoms with Crippen LogP contribution in [0.25, 0.3) is 0 Å². The van der Waals surface area contributed by atoms with Crippen LogP contribution in [-0.4, -0.2) is 27.3 Å². The second-order valence-electron chi connectivity index (χ2n) is 5.74. The molecule has 0 atom stereocenters. The lowest BCUT2D eigenvalue weighted by atomic mass is 10.1. The number of amides is 2. The number of urea groups is 1. The first-order valence-corrected chi connectivity index (χ1v) is 8.25. The molecule has 0 unspecified atom stereocenters. The van der Waals surface area contributed by atoms with Crippen LogP contribution in [0.4, 0.5) is 4.79 Å². The molecule has 128 valence electrons. The molecule has 0 aliphatic rings. The SMILES string of the molecule is O=C(NCCc1cccnc1)NCc1ccc(Cn2cccn2)cc1. The molecule has 0 saturated carbocycles. The van der Waals surface area contributed by atoms with Gasteiger partial charge in [0.15, 0.2) is 0 Å². The highest BCUT2D eigenvalue weighted by atomic mass is 16.2. The van der Waals surface area contributed by atoms with E-state index >= 15 is 0 Å². The predicted molar refractivity (Wildman–Crippen MR) is 96.0 cm³/mol. The summed E-state index contributed by atoms with van der Waals surface area (Å²) in [6.45, 7) is 1.83. The highest BCUT2D eigenvalue weighted by Crippen LogP contribution is 2.06. The van der Waals surface area contributed by atoms with Gasteiger partial charge in [-0.25, -0.2) is 4.79 Å². The van der Waals surface area contributed by atoms with Crippen LogP contribution in [0.3, 0.4) is 0 Å². The highest BCUT2D eigenvalue weighted by molar-refractivity contribution is 5.73. The summed E-state index contributed by atoms with van der Waals surface area (Å²) in [6, 6.07) is 13.8. The molecule has 0 fully saturated rings. The lowest BCUT2D eigenvalue weighted by Crippen LogP contribution is -2.36. The van der Waals surface area contributed by atoms with E-state index in [4.69, 9.17) is 0 Å². The second kappa shape index (κ2) is 8.63. The third-order valence-corrected chi connectivity index (χ3v) is 3.80. The highest BCUT2D eigenvalue weighted by Gasteiger charge is 2.01. The second-order valence-corrected chi connectivity index (χ2v) is 5.74. The van der Waals surface area contributed by atoms with E-state index in [9.17, 15) is 4.79 Å². The van der Waals surface area contributed by atoms with Crippen molar-refractivity contribution in [3.05, 3.63) is 83.9 Å². The Kier molecular flexibility index (Phi) is 5.77. The van der Waals surface area contributed by atoms with Crippen molar-refractivity contribution in [1.29, 1.82) is 0 Å². The number of pyridine rings is 1. The smallest absolute Gasteiger partial charge is 0.315 e. The summed E-state index contributed by atoms with van der Waals surface area (Å²) in [6.07, 6.45) is 8.02. The summed E-state index contributed by atoms with van der Waals surface area (Å²) >= 11 is 0. The molecule has 3 aromatic rings. The van der Waals surface area contributed by atoms with Crippen molar-refractivity contribution in [3.8, 4) is 0 Å². The van der Waals surface area contributed by atoms with E-state index in [0.717, 1.165) is 24.1 Å². The van der Waals surface area contributed by atoms with E-state index in [1.54, 1.807) is 12.4 Å². The van der Waals surface area contributed by atoms with Crippen LogP contribution in [0, 0.1) is 0 Å². The Balaban J connectivity index is 1.38. The molecule has 25 heavy (non-hydrogen) atoms. The monoisotopic (exact) mass is 335 g/mol. The molecule has 0 radical (unpaired) electrons. The zero-order chi connectivity index (χ0) is 17.3. The third kappa shape index (κ3) is 5.46. The van der Waals surface area contributed by atoms with Gasteiger partial charge < -0.3 is 10.6 Å². The first kappa shape index (κ1) is 16.7. The summed E-state index contributed by atoms with van der Waals surface area (Å²) in [5.74, 6) is 0. The maximum Gasteiger partial charge on any atom is 0.315 e. The van der Waals surface area contributed by atoms with Crippen LogP contribution < -0.4 is 10.6 Å². The first-order valence-electron chi connectivity index (χ1n) is 8.25. The van der Waals surface area contributed by atoms with Crippen molar-refractivity contribution < 1.29 is 4.79 Å². The molecule has 0 aliphatic carbocycles. The fraction of sp³-hybridized carbons (Fsp3) is 0.211. The van der Waals surface area contributed by atoms with Gasteiger partial charge in [-0.2, -0.15) is 5.10 Å². The summed E-state index contributed by atoms with van der Waals surface area (Å²) in [5, 5.41) is 9.91. The number of benzene rings is 1. The van der Waals surface area contributed by atoms with Gasteiger partial charge in [-0.3, -0.25) is 9.67 Å². The van der Waals surface area contributed by atoms with Gasteiger partial charge in [0.2, 0.25) is 0 Å². The standard InChI is InChI=1S/C19H21N5O/c25-19(21-11-8-16-3-1-9-20-13-16)22-14-17-4-6-18(7-5-17)15-24-12-2-10-23-24/h1-7,9-10,12-13H,8,11,14-15H2,(H2,21,22,25). The average Bonchev–Trinajstić information content (AvgIpc) is 3.15. The first-order chi connectivity index (χ1) is 12.3. The number of carbonyl (C=O) groups is 1. The van der Waals surface area contributed by atoms with Crippen molar-refractivity contribution >= 4 is 6.03 Å². The third-order valence-electron chi connectivity index (χ3n) is 3.80. The average molecular weight is 335 g/mol. The molecule has 2 heterocycles. The molecule has 1 aromatic carbocycles. The van der Waals surface area contributed by atoms with Crippen molar-refractivity contribution in [2.75, 3.05) is 6.54 Å². The van der Waals surface area contributed by atoms with Crippen molar-refractivity contribution in [2.24, 2.45) is 0 Å². The van der Waals surface area contributed by atoms with Crippen LogP contribution in [0.1, 0.15) is 16.7 Å². The molecule has 2 amide bonds. The van der Waals surface area contributed by atoms with Gasteiger partial charge >= 0.3 is 6.03 Å². The summed E-state index contributed by atoms with van der Waals surface area (Å²) in [7, 11) is 0. The lowest BCUT2D eigenvalue weighted by Gasteiger charge is -2.08. The van der Waals surface area contributed by atoms with E-state index in [-0.39, 0.29) is 6.03 Å². The van der Waals surface area contributed by atoms with Crippen molar-refractivity contribution in [3.63, 3.8) is 0 Å². The van der Waals surface area contributed by atoms with Gasteiger partial charge in [-0.1, -0.05) is 30.3 Å². The number of rotatable bonds is 7. The molecule has 6 nitrogen and oxygen atoms in total. The number of aromatic nitrogens is 3. The molecule has 0 aliphatic heterocycles. The number of hydrogen-bond acceptors (Lipinski definition) is 3. The minimum Gasteiger partial charge on any atom is -0.338 e. The van der Waals surface area contributed by atoms with Crippen LogP contribution in [0.15, 0.2) is 67.3 Å². The van der Waals surface area contributed by atoms with E-state index in [1.807, 2.05) is 47.4 Å². The van der Waals surface area contributed by atoms with E-state index in [1.165, 1.54) is 5.56 Å². The summed E-state index contributed by atoms with van der Waals surface area (Å²) in [5.41, 5.74) is 3.34. The maximum atomic E-state index is 11.8. The maximum absolute atomic E-state index is 11.8. The summed E-state index contributed by atoms with van der Waals surface area (Å²) in [4.78, 5) is 15.9. The van der Waals surface area contributed by atoms with Gasteiger partial charge in [0.05, 0.1) is 6.54 Å². The Morgan fingerprint density at radius 3 is 2.52 bits per heavy atom. The Morgan fingerprint density at radius 1 is 0.960 bits per heavy atom. The molecule has 3 rings (SSSR count). The van der Waals surface area contributed by atoms with Crippen LogP contribution in [-0.2, 0) is 19.5 Å². The topological polar surface area (TPSA) is 71.8 Å². The van der Waals surface area contributed by atoms with Gasteiger partial charge in [0.1, 0.15) is 0 Å². The van der Waals surface area contributed by atoms with E-state index in [0.29, 0.717) is 13.1 Å². The van der Waals surface area contributed by atoms with E-state index in [2.05, 4.69) is 32.8 Å². The fourth-order valence-corrected chi connectivity index (χ4v) is 2.45. The molecular weight excluding hydrogens is 314 g/mol. The van der Waals surface area contributed by atoms with Gasteiger partial charge in [0.25, 0.3) is 0 Å². The van der Waals surface area contributed by atoms with E-state index < -0.39 is 0 Å². The minimum absolute atomic E-state index is 0.162. The fourth-order valence-electron chi connectivity index (χ4n) is 2.45.